The van der Waals surface area contributed by atoms with Crippen LogP contribution in [0.25, 0.3) is 32.2 Å². The van der Waals surface area contributed by atoms with Crippen molar-refractivity contribution in [2.24, 2.45) is 0 Å². The summed E-state index contributed by atoms with van der Waals surface area (Å²) >= 11 is 7.70. The Labute approximate surface area is 267 Å². The maximum absolute atomic E-state index is 16.6. The van der Waals surface area contributed by atoms with Crippen molar-refractivity contribution in [2.45, 2.75) is 43.4 Å². The van der Waals surface area contributed by atoms with Crippen molar-refractivity contribution in [1.82, 2.24) is 24.8 Å². The first-order valence-corrected chi connectivity index (χ1v) is 16.1. The fourth-order valence-electron chi connectivity index (χ4n) is 7.13. The van der Waals surface area contributed by atoms with Gasteiger partial charge in [0.1, 0.15) is 29.8 Å². The molecule has 1 amide bonds. The molecule has 0 bridgehead atoms. The molecule has 6 heterocycles. The summed E-state index contributed by atoms with van der Waals surface area (Å²) in [6.07, 6.45) is 4.11. The third-order valence-electron chi connectivity index (χ3n) is 9.23. The minimum Gasteiger partial charge on any atom is -0.461 e. The van der Waals surface area contributed by atoms with Gasteiger partial charge in [-0.25, -0.2) is 8.78 Å². The van der Waals surface area contributed by atoms with Gasteiger partial charge in [0.05, 0.1) is 33.8 Å². The number of halogens is 3. The Morgan fingerprint density at radius 1 is 1.27 bits per heavy atom. The summed E-state index contributed by atoms with van der Waals surface area (Å²) in [7, 11) is 0. The van der Waals surface area contributed by atoms with Gasteiger partial charge < -0.3 is 14.5 Å². The van der Waals surface area contributed by atoms with Gasteiger partial charge in [-0.2, -0.15) is 15.2 Å². The van der Waals surface area contributed by atoms with Crippen LogP contribution in [0.1, 0.15) is 25.7 Å². The number of thiophene rings is 1. The number of ether oxygens (including phenoxy) is 1. The van der Waals surface area contributed by atoms with Gasteiger partial charge in [-0.05, 0) is 37.6 Å². The number of pyridine rings is 1. The van der Waals surface area contributed by atoms with Crippen molar-refractivity contribution in [3.63, 3.8) is 0 Å². The van der Waals surface area contributed by atoms with Gasteiger partial charge >= 0.3 is 6.01 Å². The molecule has 3 saturated heterocycles. The zero-order valence-electron chi connectivity index (χ0n) is 24.4. The van der Waals surface area contributed by atoms with Gasteiger partial charge in [0.2, 0.25) is 5.91 Å². The molecular formula is C32H30ClF2N7O2S. The fraction of sp³-hybridized carbons (Fsp3) is 0.406. The number of aromatic nitrogens is 3. The highest BCUT2D eigenvalue weighted by Crippen LogP contribution is 2.41. The molecule has 232 valence electrons. The molecule has 0 saturated carbocycles. The molecular weight excluding hydrogens is 620 g/mol. The Hall–Kier alpha value is -3.92. The summed E-state index contributed by atoms with van der Waals surface area (Å²) in [5, 5.41) is 10.7. The van der Waals surface area contributed by atoms with Crippen LogP contribution in [0.3, 0.4) is 0 Å². The molecule has 13 heteroatoms. The molecule has 3 atom stereocenters. The molecule has 4 aromatic rings. The second-order valence-corrected chi connectivity index (χ2v) is 13.6. The highest BCUT2D eigenvalue weighted by Gasteiger charge is 2.49. The molecule has 1 aromatic carbocycles. The van der Waals surface area contributed by atoms with Crippen LogP contribution in [0, 0.1) is 17.1 Å². The molecule has 0 aliphatic carbocycles. The molecule has 0 N–H and O–H groups in total. The average molecular weight is 650 g/mol. The van der Waals surface area contributed by atoms with Crippen molar-refractivity contribution in [1.29, 1.82) is 5.26 Å². The first-order chi connectivity index (χ1) is 21.8. The number of nitrogens with zero attached hydrogens (tertiary/aromatic N) is 7. The van der Waals surface area contributed by atoms with E-state index in [1.807, 2.05) is 17.0 Å². The number of piperazine rings is 1. The average Bonchev–Trinajstić information content (AvgIpc) is 3.70. The van der Waals surface area contributed by atoms with Crippen LogP contribution in [-0.2, 0) is 4.79 Å². The van der Waals surface area contributed by atoms with E-state index in [9.17, 15) is 14.4 Å². The van der Waals surface area contributed by atoms with E-state index in [-0.39, 0.29) is 42.7 Å². The highest BCUT2D eigenvalue weighted by atomic mass is 35.5. The summed E-state index contributed by atoms with van der Waals surface area (Å²) in [5.41, 5.74) is 0.306. The van der Waals surface area contributed by atoms with Gasteiger partial charge in [0, 0.05) is 54.4 Å². The van der Waals surface area contributed by atoms with Crippen molar-refractivity contribution in [2.75, 3.05) is 44.2 Å². The van der Waals surface area contributed by atoms with Crippen LogP contribution < -0.4 is 9.64 Å². The standard InChI is InChI=1S/C32H30ClF2N7O2S/c1-2-26(43)42-12-11-40(17-20(42)7-9-36)30-23-15-37-28(21-5-3-6-24-22(21)13-25(33)45-24)27(35)29(23)38-31(39-30)44-18-32-8-4-10-41(32)16-19(34)14-32/h2-3,5-6,13,15,19-20H,1,4,7-8,10-12,14,16-18H2/t19-,20+,32?/m1/s1. The van der Waals surface area contributed by atoms with E-state index in [4.69, 9.17) is 21.3 Å². The maximum Gasteiger partial charge on any atom is 0.319 e. The smallest absolute Gasteiger partial charge is 0.319 e. The van der Waals surface area contributed by atoms with Crippen LogP contribution in [0.15, 0.2) is 43.1 Å². The lowest BCUT2D eigenvalue weighted by atomic mass is 9.95. The Balaban J connectivity index is 1.32. The predicted octanol–water partition coefficient (Wildman–Crippen LogP) is 5.77. The van der Waals surface area contributed by atoms with Crippen LogP contribution in [0.5, 0.6) is 6.01 Å². The second kappa shape index (κ2) is 11.8. The summed E-state index contributed by atoms with van der Waals surface area (Å²) in [5.74, 6) is -0.487. The Morgan fingerprint density at radius 3 is 2.96 bits per heavy atom. The summed E-state index contributed by atoms with van der Waals surface area (Å²) < 4.78 is 38.8. The van der Waals surface area contributed by atoms with Gasteiger partial charge in [-0.1, -0.05) is 30.3 Å². The van der Waals surface area contributed by atoms with E-state index in [0.717, 1.165) is 29.5 Å². The quantitative estimate of drug-likeness (QED) is 0.233. The molecule has 7 rings (SSSR count). The van der Waals surface area contributed by atoms with Crippen molar-refractivity contribution < 1.29 is 18.3 Å². The number of benzene rings is 1. The number of carbonyl (C=O) groups is 1. The number of rotatable bonds is 7. The number of amides is 1. The number of nitriles is 1. The van der Waals surface area contributed by atoms with Crippen molar-refractivity contribution >= 4 is 55.7 Å². The van der Waals surface area contributed by atoms with E-state index >= 15 is 4.39 Å². The highest BCUT2D eigenvalue weighted by molar-refractivity contribution is 7.22. The van der Waals surface area contributed by atoms with Gasteiger partial charge in [0.25, 0.3) is 0 Å². The number of carbonyl (C=O) groups excluding carboxylic acids is 1. The largest absolute Gasteiger partial charge is 0.461 e. The molecule has 3 fully saturated rings. The molecule has 1 unspecified atom stereocenters. The monoisotopic (exact) mass is 649 g/mol. The Morgan fingerprint density at radius 2 is 2.13 bits per heavy atom. The van der Waals surface area contributed by atoms with E-state index < -0.39 is 23.6 Å². The molecule has 45 heavy (non-hydrogen) atoms. The Kier molecular flexibility index (Phi) is 7.79. The summed E-state index contributed by atoms with van der Waals surface area (Å²) in [6, 6.07) is 9.08. The number of alkyl halides is 1. The lowest BCUT2D eigenvalue weighted by Crippen LogP contribution is -2.55. The SMILES string of the molecule is C=CC(=O)N1CCN(c2nc(OCC34CCCN3C[C@H](F)C4)nc3c(F)c(-c4cccc5sc(Cl)cc45)ncc23)C[C@@H]1CC#N. The molecule has 0 radical (unpaired) electrons. The zero-order chi connectivity index (χ0) is 31.3. The molecule has 3 aliphatic heterocycles. The topological polar surface area (TPSA) is 98.5 Å². The van der Waals surface area contributed by atoms with Crippen LogP contribution in [0.4, 0.5) is 14.6 Å². The van der Waals surface area contributed by atoms with Gasteiger partial charge in [-0.15, -0.1) is 11.3 Å². The van der Waals surface area contributed by atoms with Crippen LogP contribution >= 0.6 is 22.9 Å². The van der Waals surface area contributed by atoms with Gasteiger partial charge in [0.15, 0.2) is 5.82 Å². The maximum atomic E-state index is 16.6. The number of hydrogen-bond donors (Lipinski definition) is 0. The van der Waals surface area contributed by atoms with E-state index in [0.29, 0.717) is 47.2 Å². The van der Waals surface area contributed by atoms with E-state index in [2.05, 4.69) is 27.5 Å². The number of anilines is 1. The molecule has 0 spiro atoms. The van der Waals surface area contributed by atoms with Crippen LogP contribution in [0.2, 0.25) is 4.34 Å². The lowest BCUT2D eigenvalue weighted by molar-refractivity contribution is -0.128. The third kappa shape index (κ3) is 5.26. The normalized spacial score (nSPS) is 23.4. The molecule has 3 aliphatic rings. The van der Waals surface area contributed by atoms with E-state index in [1.165, 1.54) is 17.4 Å². The van der Waals surface area contributed by atoms with Crippen molar-refractivity contribution in [3.05, 3.63) is 53.3 Å². The predicted molar refractivity (Wildman–Crippen MR) is 170 cm³/mol. The molecule has 3 aromatic heterocycles. The summed E-state index contributed by atoms with van der Waals surface area (Å²) in [6.45, 7) is 5.96. The first-order valence-electron chi connectivity index (χ1n) is 14.9. The molecule has 9 nitrogen and oxygen atoms in total. The minimum atomic E-state index is -0.923. The lowest BCUT2D eigenvalue weighted by Gasteiger charge is -2.41. The van der Waals surface area contributed by atoms with Crippen molar-refractivity contribution in [3.8, 4) is 23.3 Å². The minimum absolute atomic E-state index is 0.0182. The van der Waals surface area contributed by atoms with E-state index in [1.54, 1.807) is 23.2 Å². The Bertz CT molecular complexity index is 1860. The van der Waals surface area contributed by atoms with Gasteiger partial charge in [-0.3, -0.25) is 14.7 Å². The number of fused-ring (bicyclic) bond motifs is 3. The summed E-state index contributed by atoms with van der Waals surface area (Å²) in [4.78, 5) is 32.1. The number of hydrogen-bond acceptors (Lipinski definition) is 9. The zero-order valence-corrected chi connectivity index (χ0v) is 26.0. The first kappa shape index (κ1) is 29.8. The fourth-order valence-corrected chi connectivity index (χ4v) is 8.30. The van der Waals surface area contributed by atoms with Crippen LogP contribution in [-0.4, -0.2) is 87.7 Å². The second-order valence-electron chi connectivity index (χ2n) is 11.8. The third-order valence-corrected chi connectivity index (χ3v) is 10.5.